The summed E-state index contributed by atoms with van der Waals surface area (Å²) in [6, 6.07) is 11.5. The van der Waals surface area contributed by atoms with Crippen molar-refractivity contribution in [2.75, 3.05) is 13.1 Å². The Labute approximate surface area is 120 Å². The van der Waals surface area contributed by atoms with E-state index in [0.717, 1.165) is 25.5 Å². The Morgan fingerprint density at radius 1 is 1.15 bits per heavy atom. The summed E-state index contributed by atoms with van der Waals surface area (Å²) in [7, 11) is 0. The number of hydrogen-bond donors (Lipinski definition) is 1. The van der Waals surface area contributed by atoms with Gasteiger partial charge in [0, 0.05) is 43.3 Å². The van der Waals surface area contributed by atoms with Crippen molar-refractivity contribution in [2.45, 2.75) is 32.5 Å². The SMILES string of the molecule is CC1CN(Cc2nccn2-c2ccccc2)CC(C)N1. The zero-order valence-corrected chi connectivity index (χ0v) is 12.2. The van der Waals surface area contributed by atoms with Gasteiger partial charge < -0.3 is 9.88 Å². The van der Waals surface area contributed by atoms with Gasteiger partial charge in [-0.25, -0.2) is 4.98 Å². The lowest BCUT2D eigenvalue weighted by molar-refractivity contribution is 0.162. The van der Waals surface area contributed by atoms with Crippen LogP contribution in [0.15, 0.2) is 42.7 Å². The van der Waals surface area contributed by atoms with Crippen LogP contribution in [-0.4, -0.2) is 39.6 Å². The minimum Gasteiger partial charge on any atom is -0.309 e. The molecule has 1 N–H and O–H groups in total. The number of benzene rings is 1. The average molecular weight is 270 g/mol. The molecule has 1 aromatic carbocycles. The normalized spacial score (nSPS) is 23.9. The third-order valence-electron chi connectivity index (χ3n) is 3.75. The highest BCUT2D eigenvalue weighted by molar-refractivity contribution is 5.32. The van der Waals surface area contributed by atoms with Gasteiger partial charge in [-0.2, -0.15) is 0 Å². The first-order valence-electron chi connectivity index (χ1n) is 7.28. The number of nitrogens with one attached hydrogen (secondary N) is 1. The molecule has 1 fully saturated rings. The summed E-state index contributed by atoms with van der Waals surface area (Å²) in [6.07, 6.45) is 3.93. The summed E-state index contributed by atoms with van der Waals surface area (Å²) in [5, 5.41) is 3.57. The van der Waals surface area contributed by atoms with Crippen LogP contribution in [0.25, 0.3) is 5.69 Å². The molecule has 4 nitrogen and oxygen atoms in total. The van der Waals surface area contributed by atoms with E-state index >= 15 is 0 Å². The van der Waals surface area contributed by atoms with Gasteiger partial charge in [-0.15, -0.1) is 0 Å². The first-order valence-corrected chi connectivity index (χ1v) is 7.28. The Bertz CT molecular complexity index is 539. The van der Waals surface area contributed by atoms with Crippen molar-refractivity contribution in [1.82, 2.24) is 19.8 Å². The molecule has 2 unspecified atom stereocenters. The second kappa shape index (κ2) is 5.77. The largest absolute Gasteiger partial charge is 0.309 e. The van der Waals surface area contributed by atoms with Crippen LogP contribution < -0.4 is 5.32 Å². The van der Waals surface area contributed by atoms with E-state index in [1.807, 2.05) is 18.5 Å². The third kappa shape index (κ3) is 2.92. The number of aromatic nitrogens is 2. The molecule has 0 spiro atoms. The molecule has 20 heavy (non-hydrogen) atoms. The number of para-hydroxylation sites is 1. The number of rotatable bonds is 3. The van der Waals surface area contributed by atoms with Gasteiger partial charge in [0.15, 0.2) is 0 Å². The van der Waals surface area contributed by atoms with Gasteiger partial charge in [0.1, 0.15) is 5.82 Å². The molecule has 2 atom stereocenters. The molecule has 3 rings (SSSR count). The number of imidazole rings is 1. The highest BCUT2D eigenvalue weighted by atomic mass is 15.2. The van der Waals surface area contributed by atoms with Crippen LogP contribution in [0, 0.1) is 0 Å². The van der Waals surface area contributed by atoms with Crippen LogP contribution in [-0.2, 0) is 6.54 Å². The second-order valence-corrected chi connectivity index (χ2v) is 5.71. The zero-order valence-electron chi connectivity index (χ0n) is 12.2. The molecule has 4 heteroatoms. The summed E-state index contributed by atoms with van der Waals surface area (Å²) < 4.78 is 2.18. The fourth-order valence-corrected chi connectivity index (χ4v) is 3.04. The van der Waals surface area contributed by atoms with E-state index in [1.54, 1.807) is 0 Å². The quantitative estimate of drug-likeness (QED) is 0.926. The highest BCUT2D eigenvalue weighted by Crippen LogP contribution is 2.14. The molecular weight excluding hydrogens is 248 g/mol. The average Bonchev–Trinajstić information content (AvgIpc) is 2.86. The second-order valence-electron chi connectivity index (χ2n) is 5.71. The van der Waals surface area contributed by atoms with E-state index in [9.17, 15) is 0 Å². The Balaban J connectivity index is 1.77. The summed E-state index contributed by atoms with van der Waals surface area (Å²) in [4.78, 5) is 7.02. The smallest absolute Gasteiger partial charge is 0.127 e. The maximum Gasteiger partial charge on any atom is 0.127 e. The zero-order chi connectivity index (χ0) is 13.9. The van der Waals surface area contributed by atoms with Crippen molar-refractivity contribution in [1.29, 1.82) is 0 Å². The van der Waals surface area contributed by atoms with Gasteiger partial charge in [0.05, 0.1) is 6.54 Å². The summed E-state index contributed by atoms with van der Waals surface area (Å²) >= 11 is 0. The van der Waals surface area contributed by atoms with Crippen molar-refractivity contribution in [3.63, 3.8) is 0 Å². The Hall–Kier alpha value is -1.65. The molecule has 1 aliphatic rings. The summed E-state index contributed by atoms with van der Waals surface area (Å²) in [5.41, 5.74) is 1.18. The molecule has 2 aromatic rings. The van der Waals surface area contributed by atoms with Gasteiger partial charge in [-0.1, -0.05) is 18.2 Å². The predicted octanol–water partition coefficient (Wildman–Crippen LogP) is 2.05. The van der Waals surface area contributed by atoms with Crippen LogP contribution in [0.2, 0.25) is 0 Å². The van der Waals surface area contributed by atoms with E-state index in [4.69, 9.17) is 0 Å². The van der Waals surface area contributed by atoms with E-state index in [-0.39, 0.29) is 0 Å². The standard InChI is InChI=1S/C16H22N4/c1-13-10-19(11-14(2)18-13)12-16-17-8-9-20(16)15-6-4-3-5-7-15/h3-9,13-14,18H,10-12H2,1-2H3. The molecule has 1 aromatic heterocycles. The monoisotopic (exact) mass is 270 g/mol. The van der Waals surface area contributed by atoms with Gasteiger partial charge in [-0.05, 0) is 26.0 Å². The highest BCUT2D eigenvalue weighted by Gasteiger charge is 2.22. The van der Waals surface area contributed by atoms with Crippen molar-refractivity contribution in [3.8, 4) is 5.69 Å². The van der Waals surface area contributed by atoms with Crippen LogP contribution in [0.5, 0.6) is 0 Å². The minimum atomic E-state index is 0.541. The van der Waals surface area contributed by atoms with Crippen molar-refractivity contribution in [3.05, 3.63) is 48.5 Å². The predicted molar refractivity (Wildman–Crippen MR) is 80.9 cm³/mol. The molecule has 0 radical (unpaired) electrons. The van der Waals surface area contributed by atoms with Gasteiger partial charge in [0.2, 0.25) is 0 Å². The molecule has 0 bridgehead atoms. The van der Waals surface area contributed by atoms with Crippen LogP contribution in [0.4, 0.5) is 0 Å². The topological polar surface area (TPSA) is 33.1 Å². The number of hydrogen-bond acceptors (Lipinski definition) is 3. The summed E-state index contributed by atoms with van der Waals surface area (Å²) in [6.45, 7) is 7.54. The van der Waals surface area contributed by atoms with E-state index in [0.29, 0.717) is 12.1 Å². The lowest BCUT2D eigenvalue weighted by atomic mass is 10.1. The molecule has 1 aliphatic heterocycles. The molecule has 0 amide bonds. The fourth-order valence-electron chi connectivity index (χ4n) is 3.04. The van der Waals surface area contributed by atoms with Crippen LogP contribution in [0.3, 0.4) is 0 Å². The fraction of sp³-hybridized carbons (Fsp3) is 0.438. The molecule has 0 saturated carbocycles. The third-order valence-corrected chi connectivity index (χ3v) is 3.75. The van der Waals surface area contributed by atoms with Gasteiger partial charge in [-0.3, -0.25) is 4.90 Å². The Kier molecular flexibility index (Phi) is 3.85. The van der Waals surface area contributed by atoms with Crippen molar-refractivity contribution in [2.24, 2.45) is 0 Å². The van der Waals surface area contributed by atoms with Crippen molar-refractivity contribution >= 4 is 0 Å². The molecule has 2 heterocycles. The Morgan fingerprint density at radius 3 is 2.55 bits per heavy atom. The van der Waals surface area contributed by atoms with Gasteiger partial charge >= 0.3 is 0 Å². The van der Waals surface area contributed by atoms with E-state index in [1.165, 1.54) is 5.69 Å². The lowest BCUT2D eigenvalue weighted by Gasteiger charge is -2.35. The van der Waals surface area contributed by atoms with Crippen LogP contribution in [0.1, 0.15) is 19.7 Å². The Morgan fingerprint density at radius 2 is 1.85 bits per heavy atom. The summed E-state index contributed by atoms with van der Waals surface area (Å²) in [5.74, 6) is 1.11. The maximum atomic E-state index is 4.54. The first kappa shape index (κ1) is 13.3. The number of nitrogens with zero attached hydrogens (tertiary/aromatic N) is 3. The maximum absolute atomic E-state index is 4.54. The van der Waals surface area contributed by atoms with E-state index in [2.05, 4.69) is 57.9 Å². The van der Waals surface area contributed by atoms with Crippen molar-refractivity contribution < 1.29 is 0 Å². The number of piperazine rings is 1. The molecule has 106 valence electrons. The molecule has 1 saturated heterocycles. The van der Waals surface area contributed by atoms with E-state index < -0.39 is 0 Å². The minimum absolute atomic E-state index is 0.541. The molecule has 0 aliphatic carbocycles. The lowest BCUT2D eigenvalue weighted by Crippen LogP contribution is -2.53. The van der Waals surface area contributed by atoms with Gasteiger partial charge in [0.25, 0.3) is 0 Å². The van der Waals surface area contributed by atoms with Crippen LogP contribution >= 0.6 is 0 Å². The molecular formula is C16H22N4. The first-order chi connectivity index (χ1) is 9.72.